The number of benzene rings is 1. The lowest BCUT2D eigenvalue weighted by Gasteiger charge is -2.10. The van der Waals surface area contributed by atoms with Gasteiger partial charge in [-0.3, -0.25) is 0 Å². The number of unbranched alkanes of at least 4 members (excludes halogenated alkanes) is 1. The maximum atomic E-state index is 13.8. The topological polar surface area (TPSA) is 35.2 Å². The molecule has 0 saturated carbocycles. The van der Waals surface area contributed by atoms with Gasteiger partial charge < -0.3 is 10.5 Å². The van der Waals surface area contributed by atoms with Gasteiger partial charge in [-0.25, -0.2) is 4.39 Å². The van der Waals surface area contributed by atoms with Crippen molar-refractivity contribution in [1.82, 2.24) is 0 Å². The van der Waals surface area contributed by atoms with Crippen molar-refractivity contribution in [3.05, 3.63) is 29.1 Å². The lowest BCUT2D eigenvalue weighted by Crippen LogP contribution is -2.02. The summed E-state index contributed by atoms with van der Waals surface area (Å²) in [6, 6.07) is 3.55. The Morgan fingerprint density at radius 1 is 1.33 bits per heavy atom. The fourth-order valence-electron chi connectivity index (χ4n) is 1.59. The van der Waals surface area contributed by atoms with E-state index in [1.165, 1.54) is 0 Å². The first-order chi connectivity index (χ1) is 7.20. The third-order valence-electron chi connectivity index (χ3n) is 2.49. The molecule has 0 fully saturated rings. The SMILES string of the molecule is COc1ccc(C)c(F)c1CCCCN. The van der Waals surface area contributed by atoms with Crippen LogP contribution in [0.5, 0.6) is 5.75 Å². The predicted molar refractivity (Wildman–Crippen MR) is 59.7 cm³/mol. The zero-order valence-corrected chi connectivity index (χ0v) is 9.35. The molecule has 0 saturated heterocycles. The highest BCUT2D eigenvalue weighted by Gasteiger charge is 2.10. The Kier molecular flexibility index (Phi) is 4.56. The van der Waals surface area contributed by atoms with E-state index in [0.717, 1.165) is 12.8 Å². The summed E-state index contributed by atoms with van der Waals surface area (Å²) >= 11 is 0. The lowest BCUT2D eigenvalue weighted by atomic mass is 10.0. The van der Waals surface area contributed by atoms with Gasteiger partial charge in [-0.05, 0) is 44.4 Å². The molecule has 0 heterocycles. The van der Waals surface area contributed by atoms with Crippen molar-refractivity contribution in [3.8, 4) is 5.75 Å². The van der Waals surface area contributed by atoms with E-state index >= 15 is 0 Å². The molecule has 2 nitrogen and oxygen atoms in total. The third-order valence-corrected chi connectivity index (χ3v) is 2.49. The Balaban J connectivity index is 2.86. The van der Waals surface area contributed by atoms with E-state index in [1.807, 2.05) is 6.07 Å². The molecule has 1 aromatic rings. The van der Waals surface area contributed by atoms with Gasteiger partial charge in [-0.2, -0.15) is 0 Å². The Hall–Kier alpha value is -1.09. The van der Waals surface area contributed by atoms with Crippen molar-refractivity contribution in [1.29, 1.82) is 0 Å². The Bertz CT molecular complexity index is 326. The molecular formula is C12H18FNO. The molecular weight excluding hydrogens is 193 g/mol. The molecule has 0 bridgehead atoms. The Morgan fingerprint density at radius 3 is 2.67 bits per heavy atom. The van der Waals surface area contributed by atoms with Gasteiger partial charge in [-0.1, -0.05) is 6.07 Å². The molecule has 15 heavy (non-hydrogen) atoms. The minimum atomic E-state index is -0.147. The van der Waals surface area contributed by atoms with Gasteiger partial charge in [0.15, 0.2) is 0 Å². The van der Waals surface area contributed by atoms with E-state index in [-0.39, 0.29) is 5.82 Å². The summed E-state index contributed by atoms with van der Waals surface area (Å²) < 4.78 is 18.9. The predicted octanol–water partition coefficient (Wildman–Crippen LogP) is 2.42. The van der Waals surface area contributed by atoms with Crippen molar-refractivity contribution in [2.45, 2.75) is 26.2 Å². The van der Waals surface area contributed by atoms with Crippen LogP contribution < -0.4 is 10.5 Å². The molecule has 0 atom stereocenters. The van der Waals surface area contributed by atoms with Crippen molar-refractivity contribution >= 4 is 0 Å². The van der Waals surface area contributed by atoms with Gasteiger partial charge in [0.25, 0.3) is 0 Å². The van der Waals surface area contributed by atoms with E-state index in [9.17, 15) is 4.39 Å². The molecule has 1 aromatic carbocycles. The average Bonchev–Trinajstić information content (AvgIpc) is 2.25. The van der Waals surface area contributed by atoms with Crippen LogP contribution in [-0.2, 0) is 6.42 Å². The maximum absolute atomic E-state index is 13.8. The number of nitrogens with two attached hydrogens (primary N) is 1. The quantitative estimate of drug-likeness (QED) is 0.759. The second-order valence-electron chi connectivity index (χ2n) is 3.62. The molecule has 1 rings (SSSR count). The molecule has 2 N–H and O–H groups in total. The monoisotopic (exact) mass is 211 g/mol. The largest absolute Gasteiger partial charge is 0.496 e. The summed E-state index contributed by atoms with van der Waals surface area (Å²) in [6.07, 6.45) is 2.50. The second kappa shape index (κ2) is 5.71. The second-order valence-corrected chi connectivity index (χ2v) is 3.62. The van der Waals surface area contributed by atoms with Crippen LogP contribution >= 0.6 is 0 Å². The fraction of sp³-hybridized carbons (Fsp3) is 0.500. The summed E-state index contributed by atoms with van der Waals surface area (Å²) in [7, 11) is 1.57. The molecule has 84 valence electrons. The molecule has 0 aliphatic carbocycles. The van der Waals surface area contributed by atoms with Crippen molar-refractivity contribution < 1.29 is 9.13 Å². The van der Waals surface area contributed by atoms with Gasteiger partial charge in [0, 0.05) is 5.56 Å². The number of ether oxygens (including phenoxy) is 1. The van der Waals surface area contributed by atoms with Gasteiger partial charge in [0.05, 0.1) is 7.11 Å². The maximum Gasteiger partial charge on any atom is 0.132 e. The highest BCUT2D eigenvalue weighted by atomic mass is 19.1. The van der Waals surface area contributed by atoms with Crippen molar-refractivity contribution in [3.63, 3.8) is 0 Å². The molecule has 3 heteroatoms. The smallest absolute Gasteiger partial charge is 0.132 e. The van der Waals surface area contributed by atoms with E-state index in [4.69, 9.17) is 10.5 Å². The minimum Gasteiger partial charge on any atom is -0.496 e. The number of halogens is 1. The van der Waals surface area contributed by atoms with Crippen LogP contribution in [0, 0.1) is 12.7 Å². The Labute approximate surface area is 90.2 Å². The molecule has 0 unspecified atom stereocenters. The van der Waals surface area contributed by atoms with Crippen LogP contribution in [0.1, 0.15) is 24.0 Å². The lowest BCUT2D eigenvalue weighted by molar-refractivity contribution is 0.403. The summed E-state index contributed by atoms with van der Waals surface area (Å²) in [6.45, 7) is 2.41. The van der Waals surface area contributed by atoms with E-state index in [0.29, 0.717) is 29.8 Å². The first-order valence-electron chi connectivity index (χ1n) is 5.22. The zero-order chi connectivity index (χ0) is 11.3. The standard InChI is InChI=1S/C12H18FNO/c1-9-6-7-11(15-2)10(12(9)13)5-3-4-8-14/h6-7H,3-5,8,14H2,1-2H3. The molecule has 0 aliphatic rings. The fourth-order valence-corrected chi connectivity index (χ4v) is 1.59. The first-order valence-corrected chi connectivity index (χ1v) is 5.22. The summed E-state index contributed by atoms with van der Waals surface area (Å²) in [5.41, 5.74) is 6.74. The number of methoxy groups -OCH3 is 1. The van der Waals surface area contributed by atoms with Gasteiger partial charge in [-0.15, -0.1) is 0 Å². The van der Waals surface area contributed by atoms with E-state index in [1.54, 1.807) is 20.1 Å². The number of rotatable bonds is 5. The summed E-state index contributed by atoms with van der Waals surface area (Å²) in [4.78, 5) is 0. The minimum absolute atomic E-state index is 0.147. The van der Waals surface area contributed by atoms with Gasteiger partial charge >= 0.3 is 0 Å². The van der Waals surface area contributed by atoms with E-state index in [2.05, 4.69) is 0 Å². The molecule has 0 aliphatic heterocycles. The molecule has 0 aromatic heterocycles. The summed E-state index contributed by atoms with van der Waals surface area (Å²) in [5, 5.41) is 0. The van der Waals surface area contributed by atoms with Crippen LogP contribution in [0.15, 0.2) is 12.1 Å². The number of aryl methyl sites for hydroxylation is 1. The average molecular weight is 211 g/mol. The van der Waals surface area contributed by atoms with Crippen molar-refractivity contribution in [2.75, 3.05) is 13.7 Å². The van der Waals surface area contributed by atoms with Crippen LogP contribution in [0.25, 0.3) is 0 Å². The highest BCUT2D eigenvalue weighted by molar-refractivity contribution is 5.38. The number of hydrogen-bond acceptors (Lipinski definition) is 2. The third kappa shape index (κ3) is 2.93. The van der Waals surface area contributed by atoms with Crippen LogP contribution in [0.4, 0.5) is 4.39 Å². The van der Waals surface area contributed by atoms with Crippen LogP contribution in [0.2, 0.25) is 0 Å². The summed E-state index contributed by atoms with van der Waals surface area (Å²) in [5.74, 6) is 0.487. The molecule has 0 spiro atoms. The van der Waals surface area contributed by atoms with Crippen LogP contribution in [-0.4, -0.2) is 13.7 Å². The van der Waals surface area contributed by atoms with Crippen molar-refractivity contribution in [2.24, 2.45) is 5.73 Å². The van der Waals surface area contributed by atoms with E-state index < -0.39 is 0 Å². The van der Waals surface area contributed by atoms with Gasteiger partial charge in [0.1, 0.15) is 11.6 Å². The van der Waals surface area contributed by atoms with Crippen LogP contribution in [0.3, 0.4) is 0 Å². The highest BCUT2D eigenvalue weighted by Crippen LogP contribution is 2.25. The Morgan fingerprint density at radius 2 is 2.07 bits per heavy atom. The van der Waals surface area contributed by atoms with Gasteiger partial charge in [0.2, 0.25) is 0 Å². The normalized spacial score (nSPS) is 10.4. The number of hydrogen-bond donors (Lipinski definition) is 1. The molecule has 0 amide bonds. The molecule has 0 radical (unpaired) electrons. The first kappa shape index (κ1) is 12.0. The zero-order valence-electron chi connectivity index (χ0n) is 9.35.